The maximum Gasteiger partial charge on any atom is 0.339 e. The molecule has 0 amide bonds. The van der Waals surface area contributed by atoms with Crippen LogP contribution >= 0.6 is 0 Å². The lowest BCUT2D eigenvalue weighted by molar-refractivity contribution is -0.138. The summed E-state index contributed by atoms with van der Waals surface area (Å²) in [4.78, 5) is 22.6. The lowest BCUT2D eigenvalue weighted by Crippen LogP contribution is -2.12. The molecule has 2 aromatic carbocycles. The van der Waals surface area contributed by atoms with E-state index in [4.69, 9.17) is 4.74 Å². The van der Waals surface area contributed by atoms with Crippen molar-refractivity contribution in [3.8, 4) is 11.5 Å². The van der Waals surface area contributed by atoms with Gasteiger partial charge in [-0.1, -0.05) is 31.2 Å². The first kappa shape index (κ1) is 15.6. The van der Waals surface area contributed by atoms with Crippen molar-refractivity contribution < 1.29 is 24.5 Å². The van der Waals surface area contributed by atoms with E-state index in [0.29, 0.717) is 17.7 Å². The van der Waals surface area contributed by atoms with Crippen molar-refractivity contribution in [3.63, 3.8) is 0 Å². The van der Waals surface area contributed by atoms with Gasteiger partial charge in [-0.05, 0) is 36.2 Å². The molecule has 0 aromatic heterocycles. The fourth-order valence-electron chi connectivity index (χ4n) is 2.19. The van der Waals surface area contributed by atoms with Gasteiger partial charge in [0.15, 0.2) is 0 Å². The lowest BCUT2D eigenvalue weighted by atomic mass is 9.95. The van der Waals surface area contributed by atoms with Crippen molar-refractivity contribution in [2.45, 2.75) is 19.3 Å². The normalized spacial score (nSPS) is 11.7. The van der Waals surface area contributed by atoms with Gasteiger partial charge in [-0.15, -0.1) is 0 Å². The van der Waals surface area contributed by atoms with Gasteiger partial charge in [0, 0.05) is 0 Å². The van der Waals surface area contributed by atoms with E-state index in [-0.39, 0.29) is 11.3 Å². The number of ether oxygens (including phenoxy) is 1. The third-order valence-corrected chi connectivity index (χ3v) is 3.31. The zero-order valence-electron chi connectivity index (χ0n) is 12.0. The van der Waals surface area contributed by atoms with Crippen LogP contribution in [0.25, 0.3) is 0 Å². The van der Waals surface area contributed by atoms with E-state index in [1.807, 2.05) is 6.07 Å². The maximum atomic E-state index is 11.4. The second-order valence-electron chi connectivity index (χ2n) is 4.77. The lowest BCUT2D eigenvalue weighted by Gasteiger charge is -2.14. The van der Waals surface area contributed by atoms with Crippen molar-refractivity contribution in [3.05, 3.63) is 59.7 Å². The highest BCUT2D eigenvalue weighted by molar-refractivity contribution is 5.91. The Morgan fingerprint density at radius 2 is 1.77 bits per heavy atom. The van der Waals surface area contributed by atoms with Crippen molar-refractivity contribution in [2.24, 2.45) is 0 Å². The molecule has 0 spiro atoms. The molecule has 0 saturated carbocycles. The summed E-state index contributed by atoms with van der Waals surface area (Å²) in [5.41, 5.74) is 0.397. The third kappa shape index (κ3) is 3.44. The molecule has 1 unspecified atom stereocenters. The Morgan fingerprint density at radius 1 is 1.09 bits per heavy atom. The number of rotatable bonds is 6. The molecule has 114 valence electrons. The Balaban J connectivity index is 2.39. The highest BCUT2D eigenvalue weighted by Gasteiger charge is 2.21. The van der Waals surface area contributed by atoms with Gasteiger partial charge in [-0.3, -0.25) is 4.79 Å². The summed E-state index contributed by atoms with van der Waals surface area (Å²) in [6, 6.07) is 13.3. The maximum absolute atomic E-state index is 11.4. The first-order valence-electron chi connectivity index (χ1n) is 6.86. The Hall–Kier alpha value is -2.82. The SMILES string of the molecule is CCC(C(=O)O)c1ccc(Oc2ccccc2)c(C(=O)O)c1. The van der Waals surface area contributed by atoms with E-state index in [9.17, 15) is 19.8 Å². The predicted octanol–water partition coefficient (Wildman–Crippen LogP) is 3.76. The predicted molar refractivity (Wildman–Crippen MR) is 80.6 cm³/mol. The number of carboxylic acid groups (broad SMARTS) is 2. The van der Waals surface area contributed by atoms with Crippen molar-refractivity contribution in [2.75, 3.05) is 0 Å². The number of aliphatic carboxylic acids is 1. The number of hydrogen-bond donors (Lipinski definition) is 2. The number of aromatic carboxylic acids is 1. The number of para-hydroxylation sites is 1. The Labute approximate surface area is 127 Å². The van der Waals surface area contributed by atoms with Crippen molar-refractivity contribution >= 4 is 11.9 Å². The second kappa shape index (κ2) is 6.76. The van der Waals surface area contributed by atoms with E-state index in [1.165, 1.54) is 12.1 Å². The molecule has 5 heteroatoms. The monoisotopic (exact) mass is 300 g/mol. The van der Waals surface area contributed by atoms with Crippen LogP contribution < -0.4 is 4.74 Å². The van der Waals surface area contributed by atoms with Crippen LogP contribution in [-0.2, 0) is 4.79 Å². The molecule has 0 aliphatic heterocycles. The van der Waals surface area contributed by atoms with Crippen LogP contribution in [0.5, 0.6) is 11.5 Å². The summed E-state index contributed by atoms with van der Waals surface area (Å²) in [5, 5.41) is 18.5. The minimum absolute atomic E-state index is 0.0546. The van der Waals surface area contributed by atoms with E-state index >= 15 is 0 Å². The topological polar surface area (TPSA) is 83.8 Å². The van der Waals surface area contributed by atoms with Gasteiger partial charge >= 0.3 is 11.9 Å². The summed E-state index contributed by atoms with van der Waals surface area (Å²) in [7, 11) is 0. The van der Waals surface area contributed by atoms with Gasteiger partial charge in [0.25, 0.3) is 0 Å². The summed E-state index contributed by atoms with van der Waals surface area (Å²) >= 11 is 0. The summed E-state index contributed by atoms with van der Waals surface area (Å²) in [6.45, 7) is 1.74. The van der Waals surface area contributed by atoms with Gasteiger partial charge in [0.1, 0.15) is 17.1 Å². The minimum Gasteiger partial charge on any atom is -0.481 e. The molecule has 0 radical (unpaired) electrons. The standard InChI is InChI=1S/C17H16O5/c1-2-13(16(18)19)11-8-9-15(14(10-11)17(20)21)22-12-6-4-3-5-7-12/h3-10,13H,2H2,1H3,(H,18,19)(H,20,21). The van der Waals surface area contributed by atoms with Crippen LogP contribution in [-0.4, -0.2) is 22.2 Å². The van der Waals surface area contributed by atoms with Crippen LogP contribution in [0.15, 0.2) is 48.5 Å². The van der Waals surface area contributed by atoms with Crippen LogP contribution in [0.4, 0.5) is 0 Å². The molecular formula is C17H16O5. The number of carbonyl (C=O) groups is 2. The van der Waals surface area contributed by atoms with Crippen LogP contribution in [0.1, 0.15) is 35.2 Å². The Bertz CT molecular complexity index is 679. The van der Waals surface area contributed by atoms with Crippen molar-refractivity contribution in [1.29, 1.82) is 0 Å². The fourth-order valence-corrected chi connectivity index (χ4v) is 2.19. The summed E-state index contributed by atoms with van der Waals surface area (Å²) < 4.78 is 5.57. The molecule has 2 aromatic rings. The zero-order chi connectivity index (χ0) is 16.1. The van der Waals surface area contributed by atoms with Gasteiger partial charge in [0.05, 0.1) is 5.92 Å². The van der Waals surface area contributed by atoms with Gasteiger partial charge in [-0.2, -0.15) is 0 Å². The Morgan fingerprint density at radius 3 is 2.32 bits per heavy atom. The molecule has 2 N–H and O–H groups in total. The van der Waals surface area contributed by atoms with Crippen molar-refractivity contribution in [1.82, 2.24) is 0 Å². The molecule has 1 atom stereocenters. The Kier molecular flexibility index (Phi) is 4.78. The molecule has 5 nitrogen and oxygen atoms in total. The largest absolute Gasteiger partial charge is 0.481 e. The molecule has 0 fully saturated rings. The van der Waals surface area contributed by atoms with E-state index < -0.39 is 17.9 Å². The number of benzene rings is 2. The smallest absolute Gasteiger partial charge is 0.339 e. The minimum atomic E-state index is -1.16. The molecule has 0 aliphatic rings. The van der Waals surface area contributed by atoms with E-state index in [0.717, 1.165) is 0 Å². The first-order valence-corrected chi connectivity index (χ1v) is 6.86. The molecule has 0 bridgehead atoms. The molecule has 0 saturated heterocycles. The van der Waals surface area contributed by atoms with Gasteiger partial charge in [0.2, 0.25) is 0 Å². The molecule has 0 heterocycles. The highest BCUT2D eigenvalue weighted by Crippen LogP contribution is 2.30. The molecule has 0 aliphatic carbocycles. The third-order valence-electron chi connectivity index (χ3n) is 3.31. The quantitative estimate of drug-likeness (QED) is 0.848. The van der Waals surface area contributed by atoms with E-state index in [1.54, 1.807) is 37.3 Å². The summed E-state index contributed by atoms with van der Waals surface area (Å²) in [5.74, 6) is -2.17. The van der Waals surface area contributed by atoms with Gasteiger partial charge < -0.3 is 14.9 Å². The van der Waals surface area contributed by atoms with Crippen LogP contribution in [0.2, 0.25) is 0 Å². The van der Waals surface area contributed by atoms with E-state index in [2.05, 4.69) is 0 Å². The number of hydrogen-bond acceptors (Lipinski definition) is 3. The molecule has 2 rings (SSSR count). The zero-order valence-corrected chi connectivity index (χ0v) is 12.0. The number of carboxylic acids is 2. The highest BCUT2D eigenvalue weighted by atomic mass is 16.5. The van der Waals surface area contributed by atoms with Crippen LogP contribution in [0, 0.1) is 0 Å². The molecular weight excluding hydrogens is 284 g/mol. The first-order chi connectivity index (χ1) is 10.5. The second-order valence-corrected chi connectivity index (χ2v) is 4.77. The average Bonchev–Trinajstić information content (AvgIpc) is 2.49. The molecule has 22 heavy (non-hydrogen) atoms. The fraction of sp³-hybridized carbons (Fsp3) is 0.176. The average molecular weight is 300 g/mol. The summed E-state index contributed by atoms with van der Waals surface area (Å²) in [6.07, 6.45) is 0.382. The van der Waals surface area contributed by atoms with Gasteiger partial charge in [-0.25, -0.2) is 4.79 Å². The van der Waals surface area contributed by atoms with Crippen LogP contribution in [0.3, 0.4) is 0 Å².